The van der Waals surface area contributed by atoms with Gasteiger partial charge in [0.2, 0.25) is 0 Å². The summed E-state index contributed by atoms with van der Waals surface area (Å²) in [6, 6.07) is 9.73. The molecule has 3 amide bonds. The van der Waals surface area contributed by atoms with Gasteiger partial charge in [-0.2, -0.15) is 13.2 Å². The van der Waals surface area contributed by atoms with Crippen molar-refractivity contribution in [3.63, 3.8) is 0 Å². The molecule has 11 heteroatoms. The average molecular weight is 490 g/mol. The molecule has 3 heterocycles. The number of anilines is 1. The molecule has 0 saturated carbocycles. The molecule has 178 valence electrons. The number of nitrogens with zero attached hydrogens (tertiary/aromatic N) is 4. The Labute approximate surface area is 198 Å². The molecule has 34 heavy (non-hydrogen) atoms. The lowest BCUT2D eigenvalue weighted by Crippen LogP contribution is -2.33. The highest BCUT2D eigenvalue weighted by molar-refractivity contribution is 7.17. The summed E-state index contributed by atoms with van der Waals surface area (Å²) in [5.41, 5.74) is 1.10. The number of amides is 3. The Morgan fingerprint density at radius 3 is 2.59 bits per heavy atom. The minimum Gasteiger partial charge on any atom is -0.346 e. The first-order chi connectivity index (χ1) is 16.1. The van der Waals surface area contributed by atoms with Gasteiger partial charge in [-0.05, 0) is 43.7 Å². The van der Waals surface area contributed by atoms with Gasteiger partial charge in [-0.25, -0.2) is 9.78 Å². The number of nitrogens with one attached hydrogen (secondary N) is 1. The Kier molecular flexibility index (Phi) is 6.56. The molecule has 1 aliphatic rings. The van der Waals surface area contributed by atoms with Crippen LogP contribution in [0.4, 0.5) is 23.1 Å². The van der Waals surface area contributed by atoms with E-state index in [1.54, 1.807) is 30.2 Å². The van der Waals surface area contributed by atoms with Crippen LogP contribution in [0, 0.1) is 6.92 Å². The summed E-state index contributed by atoms with van der Waals surface area (Å²) >= 11 is 1.13. The lowest BCUT2D eigenvalue weighted by Gasteiger charge is -2.20. The minimum atomic E-state index is -4.41. The zero-order valence-corrected chi connectivity index (χ0v) is 19.3. The van der Waals surface area contributed by atoms with Crippen molar-refractivity contribution in [2.75, 3.05) is 11.4 Å². The zero-order valence-electron chi connectivity index (χ0n) is 18.5. The molecule has 7 nitrogen and oxygen atoms in total. The third-order valence-corrected chi connectivity index (χ3v) is 6.65. The van der Waals surface area contributed by atoms with E-state index in [-0.39, 0.29) is 31.1 Å². The molecule has 2 aromatic heterocycles. The van der Waals surface area contributed by atoms with Crippen molar-refractivity contribution < 1.29 is 22.8 Å². The van der Waals surface area contributed by atoms with Crippen molar-refractivity contribution in [3.05, 3.63) is 76.1 Å². The fourth-order valence-corrected chi connectivity index (χ4v) is 4.61. The maximum absolute atomic E-state index is 13.1. The number of urea groups is 1. The van der Waals surface area contributed by atoms with Gasteiger partial charge in [0, 0.05) is 18.8 Å². The second-order valence-electron chi connectivity index (χ2n) is 7.98. The van der Waals surface area contributed by atoms with E-state index in [0.717, 1.165) is 29.2 Å². The van der Waals surface area contributed by atoms with E-state index in [1.807, 2.05) is 13.0 Å². The molecule has 1 aromatic carbocycles. The molecule has 0 spiro atoms. The van der Waals surface area contributed by atoms with Crippen molar-refractivity contribution in [3.8, 4) is 0 Å². The van der Waals surface area contributed by atoms with Gasteiger partial charge in [0.15, 0.2) is 5.13 Å². The van der Waals surface area contributed by atoms with Crippen molar-refractivity contribution in [2.45, 2.75) is 39.2 Å². The normalized spacial score (nSPS) is 16.3. The third kappa shape index (κ3) is 5.04. The largest absolute Gasteiger partial charge is 0.416 e. The van der Waals surface area contributed by atoms with Gasteiger partial charge in [0.05, 0.1) is 30.0 Å². The quantitative estimate of drug-likeness (QED) is 0.548. The average Bonchev–Trinajstić information content (AvgIpc) is 3.32. The van der Waals surface area contributed by atoms with Crippen molar-refractivity contribution >= 4 is 28.4 Å². The minimum absolute atomic E-state index is 0.177. The zero-order chi connectivity index (χ0) is 24.5. The van der Waals surface area contributed by atoms with Crippen LogP contribution in [0.15, 0.2) is 48.7 Å². The first kappa shape index (κ1) is 23.7. The summed E-state index contributed by atoms with van der Waals surface area (Å²) in [4.78, 5) is 37.8. The van der Waals surface area contributed by atoms with Crippen LogP contribution in [-0.4, -0.2) is 39.4 Å². The number of benzene rings is 1. The number of hydrogen-bond acceptors (Lipinski definition) is 5. The van der Waals surface area contributed by atoms with Gasteiger partial charge in [-0.1, -0.05) is 29.5 Å². The van der Waals surface area contributed by atoms with Crippen LogP contribution < -0.4 is 10.2 Å². The molecule has 3 aromatic rings. The van der Waals surface area contributed by atoms with Crippen LogP contribution >= 0.6 is 11.3 Å². The number of pyridine rings is 1. The Morgan fingerprint density at radius 2 is 1.94 bits per heavy atom. The second kappa shape index (κ2) is 9.41. The number of aromatic nitrogens is 2. The highest BCUT2D eigenvalue weighted by atomic mass is 32.1. The van der Waals surface area contributed by atoms with E-state index in [0.29, 0.717) is 27.8 Å². The summed E-state index contributed by atoms with van der Waals surface area (Å²) in [6.45, 7) is 4.38. The van der Waals surface area contributed by atoms with Gasteiger partial charge in [-0.15, -0.1) is 0 Å². The highest BCUT2D eigenvalue weighted by Gasteiger charge is 2.37. The number of aryl methyl sites for hydroxylation is 1. The van der Waals surface area contributed by atoms with E-state index >= 15 is 0 Å². The van der Waals surface area contributed by atoms with Crippen molar-refractivity contribution in [1.82, 2.24) is 20.2 Å². The van der Waals surface area contributed by atoms with E-state index in [1.165, 1.54) is 17.0 Å². The van der Waals surface area contributed by atoms with E-state index in [2.05, 4.69) is 15.3 Å². The summed E-state index contributed by atoms with van der Waals surface area (Å²) < 4.78 is 38.4. The van der Waals surface area contributed by atoms with Gasteiger partial charge >= 0.3 is 12.2 Å². The van der Waals surface area contributed by atoms with E-state index in [4.69, 9.17) is 0 Å². The Hall–Kier alpha value is -3.47. The first-order valence-corrected chi connectivity index (χ1v) is 11.3. The molecule has 0 aliphatic carbocycles. The molecule has 0 bridgehead atoms. The standard InChI is InChI=1S/C23H22F3N5O2S/c1-14-12-31(22(33)30(14)13-16-6-8-17(9-7-16)23(24,25)26)21-29-15(2)19(34-21)20(32)28-11-18-5-3-4-10-27-18/h3-10,14H,11-13H2,1-2H3,(H,28,32). The topological polar surface area (TPSA) is 78.4 Å². The maximum atomic E-state index is 13.1. The molecule has 1 fully saturated rings. The van der Waals surface area contributed by atoms with E-state index in [9.17, 15) is 22.8 Å². The fraction of sp³-hybridized carbons (Fsp3) is 0.304. The molecule has 0 radical (unpaired) electrons. The molecule has 1 saturated heterocycles. The monoisotopic (exact) mass is 489 g/mol. The van der Waals surface area contributed by atoms with Crippen LogP contribution in [0.1, 0.15) is 39.1 Å². The summed E-state index contributed by atoms with van der Waals surface area (Å²) in [6.07, 6.45) is -2.76. The predicted molar refractivity (Wildman–Crippen MR) is 121 cm³/mol. The number of carbonyl (C=O) groups is 2. The van der Waals surface area contributed by atoms with Gasteiger partial charge in [0.1, 0.15) is 4.88 Å². The lowest BCUT2D eigenvalue weighted by atomic mass is 10.1. The summed E-state index contributed by atoms with van der Waals surface area (Å²) in [5.74, 6) is -0.298. The Bertz CT molecular complexity index is 1180. The summed E-state index contributed by atoms with van der Waals surface area (Å²) in [7, 11) is 0. The van der Waals surface area contributed by atoms with Crippen molar-refractivity contribution in [2.24, 2.45) is 0 Å². The molecule has 1 N–H and O–H groups in total. The predicted octanol–water partition coefficient (Wildman–Crippen LogP) is 4.63. The second-order valence-corrected chi connectivity index (χ2v) is 8.96. The Balaban J connectivity index is 1.44. The molecule has 1 aliphatic heterocycles. The van der Waals surface area contributed by atoms with Gasteiger partial charge < -0.3 is 10.2 Å². The highest BCUT2D eigenvalue weighted by Crippen LogP contribution is 2.32. The van der Waals surface area contributed by atoms with Crippen LogP contribution in [0.25, 0.3) is 0 Å². The molecule has 4 rings (SSSR count). The SMILES string of the molecule is Cc1nc(N2CC(C)N(Cc3ccc(C(F)(F)F)cc3)C2=O)sc1C(=O)NCc1ccccn1. The maximum Gasteiger partial charge on any atom is 0.416 e. The van der Waals surface area contributed by atoms with Gasteiger partial charge in [-0.3, -0.25) is 14.7 Å². The fourth-order valence-electron chi connectivity index (χ4n) is 3.63. The number of rotatable bonds is 6. The number of hydrogen-bond donors (Lipinski definition) is 1. The molecule has 1 unspecified atom stereocenters. The van der Waals surface area contributed by atoms with Gasteiger partial charge in [0.25, 0.3) is 5.91 Å². The lowest BCUT2D eigenvalue weighted by molar-refractivity contribution is -0.137. The smallest absolute Gasteiger partial charge is 0.346 e. The number of thiazole rings is 1. The number of carbonyl (C=O) groups excluding carboxylic acids is 2. The molecule has 1 atom stereocenters. The Morgan fingerprint density at radius 1 is 1.21 bits per heavy atom. The number of alkyl halides is 3. The third-order valence-electron chi connectivity index (χ3n) is 5.47. The van der Waals surface area contributed by atoms with Crippen LogP contribution in [0.2, 0.25) is 0 Å². The van der Waals surface area contributed by atoms with Crippen molar-refractivity contribution in [1.29, 1.82) is 0 Å². The van der Waals surface area contributed by atoms with Crippen LogP contribution in [0.3, 0.4) is 0 Å². The van der Waals surface area contributed by atoms with Crippen LogP contribution in [0.5, 0.6) is 0 Å². The summed E-state index contributed by atoms with van der Waals surface area (Å²) in [5, 5.41) is 3.22. The van der Waals surface area contributed by atoms with E-state index < -0.39 is 11.7 Å². The van der Waals surface area contributed by atoms with Crippen LogP contribution in [-0.2, 0) is 19.3 Å². The first-order valence-electron chi connectivity index (χ1n) is 10.5. The molecular weight excluding hydrogens is 467 g/mol. The number of halogens is 3. The molecular formula is C23H22F3N5O2S.